The van der Waals surface area contributed by atoms with Crippen molar-refractivity contribution in [1.29, 1.82) is 0 Å². The number of aliphatic carboxylic acids is 1. The van der Waals surface area contributed by atoms with Gasteiger partial charge in [0.05, 0.1) is 13.2 Å². The van der Waals surface area contributed by atoms with E-state index >= 15 is 0 Å². The van der Waals surface area contributed by atoms with Crippen molar-refractivity contribution in [3.8, 4) is 0 Å². The summed E-state index contributed by atoms with van der Waals surface area (Å²) in [7, 11) is 0. The van der Waals surface area contributed by atoms with Gasteiger partial charge in [-0.1, -0.05) is 127 Å². The summed E-state index contributed by atoms with van der Waals surface area (Å²) in [4.78, 5) is 47.5. The fourth-order valence-electron chi connectivity index (χ4n) is 5.77. The van der Waals surface area contributed by atoms with E-state index in [-0.39, 0.29) is 30.9 Å². The molecule has 0 saturated heterocycles. The molecule has 0 aliphatic heterocycles. The summed E-state index contributed by atoms with van der Waals surface area (Å²) in [6.07, 6.45) is 44.2. The lowest BCUT2D eigenvalue weighted by Crippen LogP contribution is -2.47. The predicted molar refractivity (Wildman–Crippen MR) is 217 cm³/mol. The number of aliphatic hydroxyl groups excluding tert-OH is 1. The van der Waals surface area contributed by atoms with Gasteiger partial charge in [-0.2, -0.15) is 0 Å². The third kappa shape index (κ3) is 35.6. The quantitative estimate of drug-likeness (QED) is 0.0282. The Morgan fingerprint density at radius 1 is 0.566 bits per heavy atom. The first-order chi connectivity index (χ1) is 25.8. The fraction of sp³-hybridized carbons (Fsp3) is 0.727. The van der Waals surface area contributed by atoms with E-state index in [1.165, 1.54) is 51.4 Å². The minimum Gasteiger partial charge on any atom is -0.480 e. The van der Waals surface area contributed by atoms with Gasteiger partial charge in [-0.3, -0.25) is 14.4 Å². The zero-order chi connectivity index (χ0) is 39.0. The SMILES string of the molecule is CCCC/C=C\C/C=C\CCCCCCCC(=O)OC(CCC/C=C\C/C=C\CCCCC)CCCCCCCC(=O)NCC(=O)NC(CO)C(=O)O. The van der Waals surface area contributed by atoms with Crippen LogP contribution < -0.4 is 10.6 Å². The van der Waals surface area contributed by atoms with Gasteiger partial charge in [0.25, 0.3) is 0 Å². The predicted octanol–water partition coefficient (Wildman–Crippen LogP) is 9.98. The molecule has 0 saturated carbocycles. The van der Waals surface area contributed by atoms with Gasteiger partial charge in [0.2, 0.25) is 11.8 Å². The van der Waals surface area contributed by atoms with E-state index in [1.54, 1.807) is 0 Å². The van der Waals surface area contributed by atoms with E-state index in [4.69, 9.17) is 14.9 Å². The second-order valence-electron chi connectivity index (χ2n) is 14.1. The van der Waals surface area contributed by atoms with E-state index in [0.717, 1.165) is 96.3 Å². The average molecular weight is 745 g/mol. The van der Waals surface area contributed by atoms with Crippen LogP contribution in [0.3, 0.4) is 0 Å². The largest absolute Gasteiger partial charge is 0.480 e. The number of carbonyl (C=O) groups excluding carboxylic acids is 3. The van der Waals surface area contributed by atoms with Crippen LogP contribution in [0.25, 0.3) is 0 Å². The van der Waals surface area contributed by atoms with E-state index in [0.29, 0.717) is 12.8 Å². The molecule has 2 unspecified atom stereocenters. The van der Waals surface area contributed by atoms with Crippen LogP contribution >= 0.6 is 0 Å². The molecule has 304 valence electrons. The maximum Gasteiger partial charge on any atom is 0.328 e. The van der Waals surface area contributed by atoms with Crippen molar-refractivity contribution in [3.63, 3.8) is 0 Å². The number of carboxylic acid groups (broad SMARTS) is 1. The number of amides is 2. The molecule has 0 aliphatic carbocycles. The van der Waals surface area contributed by atoms with Crippen molar-refractivity contribution >= 4 is 23.8 Å². The van der Waals surface area contributed by atoms with Gasteiger partial charge in [-0.15, -0.1) is 0 Å². The second kappa shape index (κ2) is 38.5. The van der Waals surface area contributed by atoms with Crippen LogP contribution in [0.4, 0.5) is 0 Å². The van der Waals surface area contributed by atoms with Crippen molar-refractivity contribution in [1.82, 2.24) is 10.6 Å². The number of nitrogens with one attached hydrogen (secondary N) is 2. The molecule has 0 aromatic heterocycles. The highest BCUT2D eigenvalue weighted by Crippen LogP contribution is 2.17. The Balaban J connectivity index is 4.39. The maximum absolute atomic E-state index is 12.7. The number of esters is 1. The lowest BCUT2D eigenvalue weighted by atomic mass is 10.0. The molecular weight excluding hydrogens is 668 g/mol. The first-order valence-corrected chi connectivity index (χ1v) is 21.0. The lowest BCUT2D eigenvalue weighted by molar-refractivity contribution is -0.150. The van der Waals surface area contributed by atoms with Crippen molar-refractivity contribution < 1.29 is 34.1 Å². The number of hydrogen-bond donors (Lipinski definition) is 4. The van der Waals surface area contributed by atoms with Crippen LogP contribution in [0.1, 0.15) is 181 Å². The number of ether oxygens (including phenoxy) is 1. The van der Waals surface area contributed by atoms with Crippen LogP contribution in [0.15, 0.2) is 48.6 Å². The van der Waals surface area contributed by atoms with Gasteiger partial charge in [-0.25, -0.2) is 4.79 Å². The Morgan fingerprint density at radius 2 is 1.06 bits per heavy atom. The molecule has 0 bridgehead atoms. The van der Waals surface area contributed by atoms with E-state index in [2.05, 4.69) is 73.1 Å². The summed E-state index contributed by atoms with van der Waals surface area (Å²) in [5.41, 5.74) is 0. The third-order valence-electron chi connectivity index (χ3n) is 9.05. The first-order valence-electron chi connectivity index (χ1n) is 21.0. The first kappa shape index (κ1) is 49.8. The molecule has 0 heterocycles. The normalized spacial score (nSPS) is 13.0. The molecule has 0 radical (unpaired) electrons. The molecule has 9 nitrogen and oxygen atoms in total. The standard InChI is InChI=1S/C44H76N2O7/c1-3-5-7-9-11-13-15-16-17-19-21-23-28-32-36-43(50)53-39(33-29-25-22-20-18-14-12-10-8-6-4-2)34-30-26-24-27-31-35-41(48)45-37-42(49)46-40(38-47)44(51)52/h9,11-12,14-16,20,22,39-40,47H,3-8,10,13,17-19,21,23-38H2,1-2H3,(H,45,48)(H,46,49)(H,51,52)/b11-9-,14-12-,16-15-,22-20-. The third-order valence-corrected chi connectivity index (χ3v) is 9.05. The molecule has 0 aromatic rings. The van der Waals surface area contributed by atoms with Gasteiger partial charge >= 0.3 is 11.9 Å². The topological polar surface area (TPSA) is 142 Å². The smallest absolute Gasteiger partial charge is 0.328 e. The van der Waals surface area contributed by atoms with Gasteiger partial charge in [0.1, 0.15) is 12.1 Å². The minimum atomic E-state index is -1.39. The monoisotopic (exact) mass is 745 g/mol. The number of rotatable bonds is 37. The lowest BCUT2D eigenvalue weighted by Gasteiger charge is -2.18. The molecule has 53 heavy (non-hydrogen) atoms. The van der Waals surface area contributed by atoms with Crippen molar-refractivity contribution in [2.24, 2.45) is 0 Å². The van der Waals surface area contributed by atoms with Crippen LogP contribution in [0.2, 0.25) is 0 Å². The Bertz CT molecular complexity index is 1040. The summed E-state index contributed by atoms with van der Waals surface area (Å²) < 4.78 is 5.98. The summed E-state index contributed by atoms with van der Waals surface area (Å²) in [5, 5.41) is 22.5. The molecule has 0 spiro atoms. The van der Waals surface area contributed by atoms with E-state index in [9.17, 15) is 19.2 Å². The minimum absolute atomic E-state index is 0.0638. The highest BCUT2D eigenvalue weighted by atomic mass is 16.5. The number of unbranched alkanes of at least 4 members (excludes halogenated alkanes) is 15. The van der Waals surface area contributed by atoms with Crippen LogP contribution in [-0.4, -0.2) is 59.3 Å². The van der Waals surface area contributed by atoms with Crippen molar-refractivity contribution in [3.05, 3.63) is 48.6 Å². The molecule has 9 heteroatoms. The molecule has 0 rings (SSSR count). The maximum atomic E-state index is 12.7. The van der Waals surface area contributed by atoms with Crippen molar-refractivity contribution in [2.75, 3.05) is 13.2 Å². The summed E-state index contributed by atoms with van der Waals surface area (Å²) in [5.74, 6) is -2.35. The van der Waals surface area contributed by atoms with E-state index < -0.39 is 24.5 Å². The highest BCUT2D eigenvalue weighted by molar-refractivity contribution is 5.87. The molecule has 2 atom stereocenters. The molecule has 0 aromatic carbocycles. The number of hydrogen-bond acceptors (Lipinski definition) is 6. The molecule has 0 fully saturated rings. The van der Waals surface area contributed by atoms with Crippen LogP contribution in [-0.2, 0) is 23.9 Å². The number of carbonyl (C=O) groups is 4. The number of allylic oxidation sites excluding steroid dienone is 8. The molecular formula is C44H76N2O7. The zero-order valence-corrected chi connectivity index (χ0v) is 33.5. The Kier molecular flexibility index (Phi) is 36.2. The summed E-state index contributed by atoms with van der Waals surface area (Å²) in [6.45, 7) is 3.40. The van der Waals surface area contributed by atoms with Gasteiger partial charge in [-0.05, 0) is 89.9 Å². The van der Waals surface area contributed by atoms with E-state index in [1.807, 2.05) is 0 Å². The van der Waals surface area contributed by atoms with Crippen molar-refractivity contribution in [2.45, 2.75) is 193 Å². The van der Waals surface area contributed by atoms with Crippen LogP contribution in [0, 0.1) is 0 Å². The Hall–Kier alpha value is -3.20. The average Bonchev–Trinajstić information content (AvgIpc) is 3.14. The van der Waals surface area contributed by atoms with Gasteiger partial charge in [0, 0.05) is 12.8 Å². The molecule has 4 N–H and O–H groups in total. The van der Waals surface area contributed by atoms with Gasteiger partial charge in [0.15, 0.2) is 0 Å². The Labute approximate surface area is 322 Å². The number of aliphatic hydroxyl groups is 1. The second-order valence-corrected chi connectivity index (χ2v) is 14.1. The molecule has 2 amide bonds. The highest BCUT2D eigenvalue weighted by Gasteiger charge is 2.19. The number of carboxylic acids is 1. The van der Waals surface area contributed by atoms with Crippen LogP contribution in [0.5, 0.6) is 0 Å². The molecule has 0 aliphatic rings. The zero-order valence-electron chi connectivity index (χ0n) is 33.5. The summed E-state index contributed by atoms with van der Waals surface area (Å²) >= 11 is 0. The fourth-order valence-corrected chi connectivity index (χ4v) is 5.77. The summed E-state index contributed by atoms with van der Waals surface area (Å²) in [6, 6.07) is -1.39. The van der Waals surface area contributed by atoms with Gasteiger partial charge < -0.3 is 25.6 Å². The Morgan fingerprint density at radius 3 is 1.64 bits per heavy atom.